The molecule has 1 aromatic rings. The average molecular weight is 289 g/mol. The Morgan fingerprint density at radius 1 is 1.45 bits per heavy atom. The summed E-state index contributed by atoms with van der Waals surface area (Å²) in [6.07, 6.45) is -5.21. The van der Waals surface area contributed by atoms with Gasteiger partial charge >= 0.3 is 6.18 Å². The van der Waals surface area contributed by atoms with Gasteiger partial charge in [-0.2, -0.15) is 18.3 Å². The fourth-order valence-corrected chi connectivity index (χ4v) is 2.22. The molecule has 2 rings (SSSR count). The van der Waals surface area contributed by atoms with Crippen molar-refractivity contribution in [1.82, 2.24) is 4.98 Å². The van der Waals surface area contributed by atoms with Crippen LogP contribution in [-0.4, -0.2) is 41.4 Å². The zero-order valence-electron chi connectivity index (χ0n) is 10.9. The van der Waals surface area contributed by atoms with Gasteiger partial charge in [0.05, 0.1) is 17.8 Å². The van der Waals surface area contributed by atoms with E-state index in [1.54, 1.807) is 12.1 Å². The van der Waals surface area contributed by atoms with Gasteiger partial charge in [-0.05, 0) is 19.1 Å². The van der Waals surface area contributed by atoms with Crippen molar-refractivity contribution in [3.63, 3.8) is 0 Å². The molecule has 3 unspecified atom stereocenters. The van der Waals surface area contributed by atoms with E-state index >= 15 is 0 Å². The zero-order valence-corrected chi connectivity index (χ0v) is 10.9. The van der Waals surface area contributed by atoms with Crippen molar-refractivity contribution in [2.45, 2.75) is 25.4 Å². The standard InChI is InChI=1S/C12H14F3N3O2/c1-7-9(10(20-2)12(13,14)15)11(19)18(17-7)8-4-3-5-16-6-8/h3-6,9-11,19H,1-2H3. The SMILES string of the molecule is COC(C1C(C)=NN(c2cccnc2)C1O)C(F)(F)F. The monoisotopic (exact) mass is 289 g/mol. The van der Waals surface area contributed by atoms with Gasteiger partial charge in [-0.15, -0.1) is 0 Å². The van der Waals surface area contributed by atoms with Gasteiger partial charge in [-0.3, -0.25) is 4.98 Å². The summed E-state index contributed by atoms with van der Waals surface area (Å²) < 4.78 is 43.3. The Labute approximate surface area is 113 Å². The molecule has 20 heavy (non-hydrogen) atoms. The van der Waals surface area contributed by atoms with Crippen molar-refractivity contribution in [3.8, 4) is 0 Å². The molecule has 2 heterocycles. The molecule has 0 amide bonds. The van der Waals surface area contributed by atoms with Crippen LogP contribution in [0.2, 0.25) is 0 Å². The Morgan fingerprint density at radius 3 is 2.65 bits per heavy atom. The number of methoxy groups -OCH3 is 1. The first-order chi connectivity index (χ1) is 9.36. The molecule has 1 aromatic heterocycles. The molecule has 0 aliphatic carbocycles. The van der Waals surface area contributed by atoms with Gasteiger partial charge in [-0.1, -0.05) is 0 Å². The summed E-state index contributed by atoms with van der Waals surface area (Å²) in [6.45, 7) is 1.43. The Hall–Kier alpha value is -1.67. The summed E-state index contributed by atoms with van der Waals surface area (Å²) in [4.78, 5) is 3.85. The molecule has 1 N–H and O–H groups in total. The van der Waals surface area contributed by atoms with E-state index in [0.29, 0.717) is 5.69 Å². The molecule has 1 aliphatic rings. The van der Waals surface area contributed by atoms with Gasteiger partial charge < -0.3 is 9.84 Å². The summed E-state index contributed by atoms with van der Waals surface area (Å²) in [5.74, 6) is -1.28. The predicted octanol–water partition coefficient (Wildman–Crippen LogP) is 1.79. The molecule has 0 spiro atoms. The Kier molecular flexibility index (Phi) is 3.96. The van der Waals surface area contributed by atoms with Gasteiger partial charge in [0.1, 0.15) is 0 Å². The van der Waals surface area contributed by atoms with Crippen LogP contribution in [0.15, 0.2) is 29.6 Å². The molecule has 8 heteroatoms. The lowest BCUT2D eigenvalue weighted by molar-refractivity contribution is -0.228. The first-order valence-electron chi connectivity index (χ1n) is 5.88. The lowest BCUT2D eigenvalue weighted by atomic mass is 9.96. The number of halogens is 3. The Morgan fingerprint density at radius 2 is 2.15 bits per heavy atom. The van der Waals surface area contributed by atoms with E-state index in [1.165, 1.54) is 19.3 Å². The van der Waals surface area contributed by atoms with Crippen molar-refractivity contribution in [2.24, 2.45) is 11.0 Å². The third-order valence-electron chi connectivity index (χ3n) is 3.13. The number of nitrogens with zero attached hydrogens (tertiary/aromatic N) is 3. The fraction of sp³-hybridized carbons (Fsp3) is 0.500. The molecule has 0 aromatic carbocycles. The smallest absolute Gasteiger partial charge is 0.371 e. The maximum absolute atomic E-state index is 12.9. The molecular weight excluding hydrogens is 275 g/mol. The molecule has 3 atom stereocenters. The van der Waals surface area contributed by atoms with Crippen LogP contribution in [-0.2, 0) is 4.74 Å². The van der Waals surface area contributed by atoms with E-state index in [9.17, 15) is 18.3 Å². The highest BCUT2D eigenvalue weighted by Gasteiger charge is 2.52. The third kappa shape index (κ3) is 2.61. The lowest BCUT2D eigenvalue weighted by Gasteiger charge is -2.29. The molecule has 5 nitrogen and oxygen atoms in total. The molecule has 0 saturated carbocycles. The second-order valence-electron chi connectivity index (χ2n) is 4.43. The van der Waals surface area contributed by atoms with Crippen molar-refractivity contribution in [1.29, 1.82) is 0 Å². The quantitative estimate of drug-likeness (QED) is 0.921. The number of aromatic nitrogens is 1. The number of rotatable bonds is 3. The van der Waals surface area contributed by atoms with Crippen LogP contribution in [0.4, 0.5) is 18.9 Å². The van der Waals surface area contributed by atoms with Crippen molar-refractivity contribution >= 4 is 11.4 Å². The van der Waals surface area contributed by atoms with Crippen LogP contribution in [0.1, 0.15) is 6.92 Å². The minimum absolute atomic E-state index is 0.158. The molecule has 0 bridgehead atoms. The van der Waals surface area contributed by atoms with E-state index in [1.807, 2.05) is 0 Å². The molecular formula is C12H14F3N3O2. The third-order valence-corrected chi connectivity index (χ3v) is 3.13. The number of alkyl halides is 3. The number of ether oxygens (including phenoxy) is 1. The van der Waals surface area contributed by atoms with E-state index in [0.717, 1.165) is 12.1 Å². The first-order valence-corrected chi connectivity index (χ1v) is 5.88. The fourth-order valence-electron chi connectivity index (χ4n) is 2.22. The largest absolute Gasteiger partial charge is 0.415 e. The average Bonchev–Trinajstić information content (AvgIpc) is 2.67. The first kappa shape index (κ1) is 14.7. The van der Waals surface area contributed by atoms with E-state index in [2.05, 4.69) is 14.8 Å². The van der Waals surface area contributed by atoms with Gasteiger partial charge in [-0.25, -0.2) is 5.01 Å². The van der Waals surface area contributed by atoms with Crippen LogP contribution < -0.4 is 5.01 Å². The summed E-state index contributed by atoms with van der Waals surface area (Å²) in [5.41, 5.74) is 0.574. The molecule has 110 valence electrons. The van der Waals surface area contributed by atoms with Crippen LogP contribution in [0.5, 0.6) is 0 Å². The number of hydrazone groups is 1. The molecule has 0 radical (unpaired) electrons. The van der Waals surface area contributed by atoms with Crippen molar-refractivity contribution in [2.75, 3.05) is 12.1 Å². The molecule has 0 fully saturated rings. The summed E-state index contributed by atoms with van der Waals surface area (Å²) in [7, 11) is 0.963. The van der Waals surface area contributed by atoms with E-state index in [4.69, 9.17) is 0 Å². The number of hydrogen-bond donors (Lipinski definition) is 1. The predicted molar refractivity (Wildman–Crippen MR) is 66.2 cm³/mol. The van der Waals surface area contributed by atoms with E-state index < -0.39 is 24.4 Å². The zero-order chi connectivity index (χ0) is 14.9. The maximum Gasteiger partial charge on any atom is 0.415 e. The second kappa shape index (κ2) is 5.37. The number of aliphatic hydroxyl groups excluding tert-OH is 1. The minimum atomic E-state index is -4.58. The van der Waals surface area contributed by atoms with Gasteiger partial charge in [0.15, 0.2) is 12.3 Å². The summed E-state index contributed by atoms with van der Waals surface area (Å²) in [6, 6.07) is 3.21. The number of hydrogen-bond acceptors (Lipinski definition) is 5. The van der Waals surface area contributed by atoms with E-state index in [-0.39, 0.29) is 5.71 Å². The van der Waals surface area contributed by atoms with Gasteiger partial charge in [0.25, 0.3) is 0 Å². The maximum atomic E-state index is 12.9. The summed E-state index contributed by atoms with van der Waals surface area (Å²) >= 11 is 0. The van der Waals surface area contributed by atoms with Crippen LogP contribution in [0.25, 0.3) is 0 Å². The molecule has 1 aliphatic heterocycles. The van der Waals surface area contributed by atoms with Gasteiger partial charge in [0.2, 0.25) is 0 Å². The lowest BCUT2D eigenvalue weighted by Crippen LogP contribution is -2.47. The van der Waals surface area contributed by atoms with Crippen LogP contribution in [0, 0.1) is 5.92 Å². The normalized spacial score (nSPS) is 24.7. The highest BCUT2D eigenvalue weighted by atomic mass is 19.4. The second-order valence-corrected chi connectivity index (χ2v) is 4.43. The van der Waals surface area contributed by atoms with Gasteiger partial charge in [0, 0.05) is 19.0 Å². The Balaban J connectivity index is 2.29. The van der Waals surface area contributed by atoms with Crippen LogP contribution >= 0.6 is 0 Å². The van der Waals surface area contributed by atoms with Crippen molar-refractivity contribution in [3.05, 3.63) is 24.5 Å². The topological polar surface area (TPSA) is 58.0 Å². The van der Waals surface area contributed by atoms with Crippen LogP contribution in [0.3, 0.4) is 0 Å². The number of anilines is 1. The minimum Gasteiger partial charge on any atom is -0.371 e. The summed E-state index contributed by atoms with van der Waals surface area (Å²) in [5, 5.41) is 15.2. The van der Waals surface area contributed by atoms with Crippen molar-refractivity contribution < 1.29 is 23.0 Å². The molecule has 0 saturated heterocycles. The Bertz CT molecular complexity index is 492. The highest BCUT2D eigenvalue weighted by Crippen LogP contribution is 2.36. The highest BCUT2D eigenvalue weighted by molar-refractivity contribution is 5.89. The number of aliphatic hydroxyl groups is 1. The number of pyridine rings is 1.